The Morgan fingerprint density at radius 1 is 1.30 bits per heavy atom. The third-order valence-corrected chi connectivity index (χ3v) is 6.97. The standard InChI is InChI=1S/C17H22BrN3O2/c1-21-3-2-12(18)14(21)15(22)20-13-10-4-9-5-11(13)8-17(6-9,7-10)16(19)23/h2-3,9-11,13H,4-8H2,1H3,(H2,19,23)(H,20,22). The molecule has 3 N–H and O–H groups in total. The van der Waals surface area contributed by atoms with Crippen molar-refractivity contribution in [1.82, 2.24) is 9.88 Å². The maximum absolute atomic E-state index is 12.7. The first-order valence-electron chi connectivity index (χ1n) is 8.31. The summed E-state index contributed by atoms with van der Waals surface area (Å²) in [7, 11) is 1.87. The van der Waals surface area contributed by atoms with Crippen LogP contribution in [0.1, 0.15) is 42.6 Å². The lowest BCUT2D eigenvalue weighted by Gasteiger charge is -2.58. The summed E-state index contributed by atoms with van der Waals surface area (Å²) in [5.74, 6) is 1.21. The Kier molecular flexibility index (Phi) is 3.38. The monoisotopic (exact) mass is 379 g/mol. The molecule has 124 valence electrons. The number of halogens is 1. The number of nitrogens with one attached hydrogen (secondary N) is 1. The molecule has 1 heterocycles. The summed E-state index contributed by atoms with van der Waals surface area (Å²) < 4.78 is 2.65. The number of hydrogen-bond donors (Lipinski definition) is 2. The van der Waals surface area contributed by atoms with E-state index in [1.807, 2.05) is 23.9 Å². The first kappa shape index (κ1) is 15.2. The van der Waals surface area contributed by atoms with E-state index in [4.69, 9.17) is 5.73 Å². The van der Waals surface area contributed by atoms with Crippen molar-refractivity contribution in [3.8, 4) is 0 Å². The lowest BCUT2D eigenvalue weighted by molar-refractivity contribution is -0.145. The Morgan fingerprint density at radius 2 is 1.96 bits per heavy atom. The molecule has 1 aromatic rings. The fraction of sp³-hybridized carbons (Fsp3) is 0.647. The van der Waals surface area contributed by atoms with Gasteiger partial charge in [0, 0.05) is 29.2 Å². The normalized spacial score (nSPS) is 37.8. The van der Waals surface area contributed by atoms with Crippen molar-refractivity contribution in [3.05, 3.63) is 22.4 Å². The zero-order valence-corrected chi connectivity index (χ0v) is 14.8. The molecule has 4 aliphatic rings. The number of carbonyl (C=O) groups is 2. The summed E-state index contributed by atoms with van der Waals surface area (Å²) in [5.41, 5.74) is 6.07. The number of primary amides is 1. The van der Waals surface area contributed by atoms with E-state index in [0.717, 1.165) is 36.6 Å². The third-order valence-electron chi connectivity index (χ3n) is 6.33. The first-order valence-corrected chi connectivity index (χ1v) is 9.10. The number of hydrogen-bond acceptors (Lipinski definition) is 2. The molecule has 4 aliphatic carbocycles. The molecule has 5 rings (SSSR count). The minimum atomic E-state index is -0.302. The minimum Gasteiger partial charge on any atom is -0.369 e. The largest absolute Gasteiger partial charge is 0.369 e. The third kappa shape index (κ3) is 2.25. The Morgan fingerprint density at radius 3 is 2.48 bits per heavy atom. The van der Waals surface area contributed by atoms with Crippen LogP contribution in [-0.2, 0) is 11.8 Å². The van der Waals surface area contributed by atoms with Gasteiger partial charge in [0.2, 0.25) is 5.91 Å². The van der Waals surface area contributed by atoms with Crippen LogP contribution in [0.5, 0.6) is 0 Å². The lowest BCUT2D eigenvalue weighted by atomic mass is 9.47. The number of rotatable bonds is 3. The van der Waals surface area contributed by atoms with Gasteiger partial charge < -0.3 is 15.6 Å². The van der Waals surface area contributed by atoms with E-state index in [-0.39, 0.29) is 23.3 Å². The highest BCUT2D eigenvalue weighted by Gasteiger charge is 2.58. The van der Waals surface area contributed by atoms with Crippen LogP contribution in [0.15, 0.2) is 16.7 Å². The van der Waals surface area contributed by atoms with Crippen LogP contribution in [-0.4, -0.2) is 22.4 Å². The molecule has 0 saturated heterocycles. The molecule has 0 radical (unpaired) electrons. The average molecular weight is 380 g/mol. The van der Waals surface area contributed by atoms with Gasteiger partial charge in [-0.15, -0.1) is 0 Å². The number of nitrogens with zero attached hydrogens (tertiary/aromatic N) is 1. The number of aromatic nitrogens is 1. The maximum Gasteiger partial charge on any atom is 0.269 e. The number of amides is 2. The van der Waals surface area contributed by atoms with Gasteiger partial charge in [0.05, 0.1) is 0 Å². The van der Waals surface area contributed by atoms with Crippen molar-refractivity contribution >= 4 is 27.7 Å². The van der Waals surface area contributed by atoms with Crippen molar-refractivity contribution in [2.24, 2.45) is 36.0 Å². The van der Waals surface area contributed by atoms with Crippen molar-refractivity contribution in [2.75, 3.05) is 0 Å². The molecule has 4 fully saturated rings. The second-order valence-electron chi connectivity index (χ2n) is 7.74. The molecule has 0 spiro atoms. The van der Waals surface area contributed by atoms with Gasteiger partial charge in [0.1, 0.15) is 5.69 Å². The Hall–Kier alpha value is -1.30. The van der Waals surface area contributed by atoms with Gasteiger partial charge in [-0.05, 0) is 71.9 Å². The first-order chi connectivity index (χ1) is 10.9. The second-order valence-corrected chi connectivity index (χ2v) is 8.59. The molecule has 4 saturated carbocycles. The highest BCUT2D eigenvalue weighted by atomic mass is 79.9. The summed E-state index contributed by atoms with van der Waals surface area (Å²) in [5, 5.41) is 3.26. The van der Waals surface area contributed by atoms with Gasteiger partial charge >= 0.3 is 0 Å². The summed E-state index contributed by atoms with van der Waals surface area (Å²) in [6.07, 6.45) is 6.75. The molecule has 0 aliphatic heterocycles. The van der Waals surface area contributed by atoms with E-state index in [9.17, 15) is 9.59 Å². The zero-order valence-electron chi connectivity index (χ0n) is 13.2. The van der Waals surface area contributed by atoms with E-state index in [1.54, 1.807) is 0 Å². The Balaban J connectivity index is 1.56. The smallest absolute Gasteiger partial charge is 0.269 e. The molecule has 0 aromatic carbocycles. The molecule has 4 bridgehead atoms. The molecule has 6 heteroatoms. The van der Waals surface area contributed by atoms with Crippen molar-refractivity contribution in [1.29, 1.82) is 0 Å². The van der Waals surface area contributed by atoms with Gasteiger partial charge in [-0.2, -0.15) is 0 Å². The van der Waals surface area contributed by atoms with Crippen molar-refractivity contribution in [2.45, 2.75) is 38.1 Å². The number of aryl methyl sites for hydroxylation is 1. The fourth-order valence-corrected chi connectivity index (χ4v) is 6.13. The Bertz CT molecular complexity index is 648. The molecular formula is C17H22BrN3O2. The van der Waals surface area contributed by atoms with Crippen LogP contribution >= 0.6 is 15.9 Å². The highest BCUT2D eigenvalue weighted by Crippen LogP contribution is 2.59. The van der Waals surface area contributed by atoms with Crippen molar-refractivity contribution < 1.29 is 9.59 Å². The number of nitrogens with two attached hydrogens (primary N) is 1. The van der Waals surface area contributed by atoms with Gasteiger partial charge in [-0.1, -0.05) is 0 Å². The molecule has 2 amide bonds. The van der Waals surface area contributed by atoms with E-state index in [0.29, 0.717) is 23.4 Å². The summed E-state index contributed by atoms with van der Waals surface area (Å²) in [4.78, 5) is 24.7. The summed E-state index contributed by atoms with van der Waals surface area (Å²) >= 11 is 3.45. The van der Waals surface area contributed by atoms with Crippen LogP contribution in [0.3, 0.4) is 0 Å². The van der Waals surface area contributed by atoms with Crippen LogP contribution < -0.4 is 11.1 Å². The van der Waals surface area contributed by atoms with E-state index in [1.165, 1.54) is 0 Å². The van der Waals surface area contributed by atoms with Gasteiger partial charge in [-0.25, -0.2) is 0 Å². The highest BCUT2D eigenvalue weighted by molar-refractivity contribution is 9.10. The SMILES string of the molecule is Cn1ccc(Br)c1C(=O)NC1C2CC3CC1CC(C(N)=O)(C3)C2. The molecule has 2 atom stereocenters. The van der Waals surface area contributed by atoms with E-state index in [2.05, 4.69) is 21.2 Å². The fourth-order valence-electron chi connectivity index (χ4n) is 5.55. The minimum absolute atomic E-state index is 0.0324. The molecule has 5 nitrogen and oxygen atoms in total. The molecule has 2 unspecified atom stereocenters. The summed E-state index contributed by atoms with van der Waals surface area (Å²) in [6.45, 7) is 0. The predicted octanol–water partition coefficient (Wildman–Crippen LogP) is 2.20. The van der Waals surface area contributed by atoms with Crippen LogP contribution in [0.25, 0.3) is 0 Å². The van der Waals surface area contributed by atoms with E-state index >= 15 is 0 Å². The topological polar surface area (TPSA) is 77.1 Å². The molecule has 23 heavy (non-hydrogen) atoms. The lowest BCUT2D eigenvalue weighted by Crippen LogP contribution is -2.62. The van der Waals surface area contributed by atoms with E-state index < -0.39 is 0 Å². The van der Waals surface area contributed by atoms with Crippen LogP contribution in [0.2, 0.25) is 0 Å². The predicted molar refractivity (Wildman–Crippen MR) is 89.5 cm³/mol. The zero-order chi connectivity index (χ0) is 16.4. The van der Waals surface area contributed by atoms with Gasteiger partial charge in [0.15, 0.2) is 0 Å². The van der Waals surface area contributed by atoms with Gasteiger partial charge in [0.25, 0.3) is 5.91 Å². The van der Waals surface area contributed by atoms with Crippen molar-refractivity contribution in [3.63, 3.8) is 0 Å². The summed E-state index contributed by atoms with van der Waals surface area (Å²) in [6, 6.07) is 2.06. The van der Waals surface area contributed by atoms with Crippen LogP contribution in [0, 0.1) is 23.2 Å². The maximum atomic E-state index is 12.7. The second kappa shape index (κ2) is 5.10. The Labute approximate surface area is 144 Å². The molecule has 1 aromatic heterocycles. The van der Waals surface area contributed by atoms with Crippen LogP contribution in [0.4, 0.5) is 0 Å². The number of carbonyl (C=O) groups excluding carboxylic acids is 2. The van der Waals surface area contributed by atoms with Gasteiger partial charge in [-0.3, -0.25) is 9.59 Å². The molecular weight excluding hydrogens is 358 g/mol. The average Bonchev–Trinajstić information content (AvgIpc) is 2.81. The quantitative estimate of drug-likeness (QED) is 0.844.